The summed E-state index contributed by atoms with van der Waals surface area (Å²) in [6.45, 7) is 8.49. The second-order valence-electron chi connectivity index (χ2n) is 8.60. The Bertz CT molecular complexity index is 912. The van der Waals surface area contributed by atoms with Gasteiger partial charge in [0.2, 0.25) is 0 Å². The van der Waals surface area contributed by atoms with Crippen LogP contribution in [0.5, 0.6) is 0 Å². The Hall–Kier alpha value is -2.77. The van der Waals surface area contributed by atoms with Crippen LogP contribution < -0.4 is 10.6 Å². The standard InChI is InChI=1S/C24H31BN2O4/c1-23(2)24(3,4)31-25(30-23)20(14-19-12-9-13-21(15-19)26-5)16-27-22(28)29-17-18-10-7-6-8-11-18/h6-15,26H,16-17H2,1-5H3,(H,27,28). The molecule has 0 aromatic heterocycles. The molecule has 0 bridgehead atoms. The van der Waals surface area contributed by atoms with E-state index < -0.39 is 24.4 Å². The van der Waals surface area contributed by atoms with Gasteiger partial charge in [-0.15, -0.1) is 0 Å². The van der Waals surface area contributed by atoms with Crippen molar-refractivity contribution < 1.29 is 18.8 Å². The van der Waals surface area contributed by atoms with Gasteiger partial charge < -0.3 is 24.7 Å². The zero-order chi connectivity index (χ0) is 22.5. The van der Waals surface area contributed by atoms with Crippen LogP contribution in [0.3, 0.4) is 0 Å². The Balaban J connectivity index is 1.73. The summed E-state index contributed by atoms with van der Waals surface area (Å²) in [6, 6.07) is 17.6. The Kier molecular flexibility index (Phi) is 7.08. The summed E-state index contributed by atoms with van der Waals surface area (Å²) < 4.78 is 17.8. The maximum atomic E-state index is 12.3. The molecular formula is C24H31BN2O4. The fraction of sp³-hybridized carbons (Fsp3) is 0.375. The number of hydrogen-bond donors (Lipinski definition) is 2. The first-order chi connectivity index (χ1) is 14.7. The summed E-state index contributed by atoms with van der Waals surface area (Å²) in [7, 11) is 1.31. The summed E-state index contributed by atoms with van der Waals surface area (Å²) >= 11 is 0. The number of ether oxygens (including phenoxy) is 1. The zero-order valence-corrected chi connectivity index (χ0v) is 18.9. The quantitative estimate of drug-likeness (QED) is 0.635. The highest BCUT2D eigenvalue weighted by molar-refractivity contribution is 6.56. The van der Waals surface area contributed by atoms with Crippen LogP contribution in [-0.4, -0.2) is 38.0 Å². The average Bonchev–Trinajstić information content (AvgIpc) is 2.97. The van der Waals surface area contributed by atoms with E-state index in [9.17, 15) is 4.79 Å². The highest BCUT2D eigenvalue weighted by atomic mass is 16.7. The van der Waals surface area contributed by atoms with Gasteiger partial charge in [0.25, 0.3) is 0 Å². The van der Waals surface area contributed by atoms with Crippen LogP contribution in [0, 0.1) is 0 Å². The molecule has 1 amide bonds. The van der Waals surface area contributed by atoms with E-state index in [2.05, 4.69) is 10.6 Å². The van der Waals surface area contributed by atoms with Crippen molar-refractivity contribution in [2.45, 2.75) is 45.5 Å². The van der Waals surface area contributed by atoms with Crippen LogP contribution in [0.25, 0.3) is 6.08 Å². The minimum Gasteiger partial charge on any atom is -0.445 e. The minimum absolute atomic E-state index is 0.215. The molecule has 1 heterocycles. The summed E-state index contributed by atoms with van der Waals surface area (Å²) in [5, 5.41) is 5.97. The molecule has 164 valence electrons. The molecule has 1 aliphatic rings. The van der Waals surface area contributed by atoms with Crippen molar-refractivity contribution in [2.75, 3.05) is 18.9 Å². The van der Waals surface area contributed by atoms with Crippen LogP contribution in [0.1, 0.15) is 38.8 Å². The predicted octanol–water partition coefficient (Wildman–Crippen LogP) is 4.67. The molecule has 2 aromatic carbocycles. The van der Waals surface area contributed by atoms with Crippen LogP contribution in [0.15, 0.2) is 60.1 Å². The number of carbonyl (C=O) groups is 1. The number of hydrogen-bond acceptors (Lipinski definition) is 5. The Morgan fingerprint density at radius 2 is 1.71 bits per heavy atom. The van der Waals surface area contributed by atoms with Crippen LogP contribution in [-0.2, 0) is 20.7 Å². The van der Waals surface area contributed by atoms with Crippen molar-refractivity contribution in [3.05, 3.63) is 71.2 Å². The molecule has 0 atom stereocenters. The first-order valence-electron chi connectivity index (χ1n) is 10.5. The predicted molar refractivity (Wildman–Crippen MR) is 125 cm³/mol. The lowest BCUT2D eigenvalue weighted by atomic mass is 9.77. The van der Waals surface area contributed by atoms with Crippen molar-refractivity contribution in [3.63, 3.8) is 0 Å². The molecule has 0 spiro atoms. The van der Waals surface area contributed by atoms with Crippen LogP contribution in [0.4, 0.5) is 10.5 Å². The molecule has 1 saturated heterocycles. The van der Waals surface area contributed by atoms with E-state index >= 15 is 0 Å². The van der Waals surface area contributed by atoms with Gasteiger partial charge in [-0.25, -0.2) is 4.79 Å². The van der Waals surface area contributed by atoms with E-state index in [1.54, 1.807) is 0 Å². The SMILES string of the molecule is CNc1cccc(C=C(CNC(=O)OCc2ccccc2)B2OC(C)(C)C(C)(C)O2)c1. The number of anilines is 1. The summed E-state index contributed by atoms with van der Waals surface area (Å²) in [5.41, 5.74) is 2.77. The molecule has 0 saturated carbocycles. The number of carbonyl (C=O) groups excluding carboxylic acids is 1. The van der Waals surface area contributed by atoms with E-state index in [0.717, 1.165) is 22.3 Å². The third kappa shape index (κ3) is 5.90. The summed E-state index contributed by atoms with van der Waals surface area (Å²) in [4.78, 5) is 12.3. The first kappa shape index (κ1) is 22.9. The van der Waals surface area contributed by atoms with E-state index in [0.29, 0.717) is 0 Å². The van der Waals surface area contributed by atoms with Gasteiger partial charge in [0.1, 0.15) is 6.61 Å². The van der Waals surface area contributed by atoms with Gasteiger partial charge in [-0.3, -0.25) is 0 Å². The molecular weight excluding hydrogens is 391 g/mol. The summed E-state index contributed by atoms with van der Waals surface area (Å²) in [6.07, 6.45) is 1.50. The highest BCUT2D eigenvalue weighted by Gasteiger charge is 2.52. The lowest BCUT2D eigenvalue weighted by Gasteiger charge is -2.32. The molecule has 1 fully saturated rings. The first-order valence-corrected chi connectivity index (χ1v) is 10.5. The molecule has 0 radical (unpaired) electrons. The Morgan fingerprint density at radius 3 is 2.35 bits per heavy atom. The highest BCUT2D eigenvalue weighted by Crippen LogP contribution is 2.38. The van der Waals surface area contributed by atoms with Crippen molar-refractivity contribution in [2.24, 2.45) is 0 Å². The Labute approximate surface area is 185 Å². The topological polar surface area (TPSA) is 68.8 Å². The minimum atomic E-state index is -0.572. The van der Waals surface area contributed by atoms with E-state index in [1.807, 2.05) is 95.4 Å². The lowest BCUT2D eigenvalue weighted by molar-refractivity contribution is 0.00578. The molecule has 3 rings (SSSR count). The monoisotopic (exact) mass is 422 g/mol. The van der Waals surface area contributed by atoms with Gasteiger partial charge >= 0.3 is 13.2 Å². The van der Waals surface area contributed by atoms with Gasteiger partial charge in [0.15, 0.2) is 0 Å². The van der Waals surface area contributed by atoms with Crippen molar-refractivity contribution in [1.29, 1.82) is 0 Å². The molecule has 2 aromatic rings. The number of alkyl carbamates (subject to hydrolysis) is 1. The molecule has 2 N–H and O–H groups in total. The third-order valence-electron chi connectivity index (χ3n) is 5.73. The van der Waals surface area contributed by atoms with Gasteiger partial charge in [-0.05, 0) is 56.4 Å². The molecule has 31 heavy (non-hydrogen) atoms. The van der Waals surface area contributed by atoms with Gasteiger partial charge in [0, 0.05) is 19.3 Å². The molecule has 0 aliphatic carbocycles. The average molecular weight is 422 g/mol. The van der Waals surface area contributed by atoms with Crippen molar-refractivity contribution >= 4 is 25.0 Å². The summed E-state index contributed by atoms with van der Waals surface area (Å²) in [5.74, 6) is 0. The molecule has 6 nitrogen and oxygen atoms in total. The van der Waals surface area contributed by atoms with Crippen molar-refractivity contribution in [3.8, 4) is 0 Å². The van der Waals surface area contributed by atoms with Gasteiger partial charge in [-0.1, -0.05) is 48.5 Å². The number of benzene rings is 2. The largest absolute Gasteiger partial charge is 0.492 e. The normalized spacial score (nSPS) is 17.3. The third-order valence-corrected chi connectivity index (χ3v) is 5.73. The van der Waals surface area contributed by atoms with Crippen LogP contribution in [0.2, 0.25) is 0 Å². The van der Waals surface area contributed by atoms with E-state index in [4.69, 9.17) is 14.0 Å². The molecule has 7 heteroatoms. The number of rotatable bonds is 7. The number of nitrogens with one attached hydrogen (secondary N) is 2. The fourth-order valence-electron chi connectivity index (χ4n) is 3.14. The molecule has 1 aliphatic heterocycles. The smallest absolute Gasteiger partial charge is 0.445 e. The maximum absolute atomic E-state index is 12.3. The molecule has 0 unspecified atom stereocenters. The van der Waals surface area contributed by atoms with Gasteiger partial charge in [0.05, 0.1) is 11.2 Å². The zero-order valence-electron chi connectivity index (χ0n) is 18.9. The second-order valence-corrected chi connectivity index (χ2v) is 8.60. The van der Waals surface area contributed by atoms with E-state index in [1.165, 1.54) is 0 Å². The number of amides is 1. The van der Waals surface area contributed by atoms with Crippen molar-refractivity contribution in [1.82, 2.24) is 5.32 Å². The Morgan fingerprint density at radius 1 is 1.03 bits per heavy atom. The lowest BCUT2D eigenvalue weighted by Crippen LogP contribution is -2.41. The van der Waals surface area contributed by atoms with E-state index in [-0.39, 0.29) is 13.2 Å². The fourth-order valence-corrected chi connectivity index (χ4v) is 3.14. The maximum Gasteiger partial charge on any atom is 0.492 e. The van der Waals surface area contributed by atoms with Gasteiger partial charge in [-0.2, -0.15) is 0 Å². The van der Waals surface area contributed by atoms with Crippen LogP contribution >= 0.6 is 0 Å². The second kappa shape index (κ2) is 9.58.